The van der Waals surface area contributed by atoms with E-state index in [2.05, 4.69) is 74.2 Å². The quantitative estimate of drug-likeness (QED) is 0.834. The molecule has 1 aromatic heterocycles. The van der Waals surface area contributed by atoms with Crippen molar-refractivity contribution in [1.29, 1.82) is 0 Å². The molecule has 3 rings (SSSR count). The van der Waals surface area contributed by atoms with E-state index in [0.29, 0.717) is 0 Å². The summed E-state index contributed by atoms with van der Waals surface area (Å²) in [5.74, 6) is 3.50. The van der Waals surface area contributed by atoms with Gasteiger partial charge in [0.05, 0.1) is 0 Å². The van der Waals surface area contributed by atoms with Crippen LogP contribution in [0.3, 0.4) is 0 Å². The molecule has 1 fully saturated rings. The van der Waals surface area contributed by atoms with Gasteiger partial charge in [-0.1, -0.05) is 22.9 Å². The van der Waals surface area contributed by atoms with E-state index in [1.807, 2.05) is 6.92 Å². The third-order valence-corrected chi connectivity index (χ3v) is 5.25. The Morgan fingerprint density at radius 2 is 1.87 bits per heavy atom. The first kappa shape index (κ1) is 16.2. The maximum atomic E-state index is 4.62. The summed E-state index contributed by atoms with van der Waals surface area (Å²) in [5, 5.41) is 3.40. The molecule has 1 aromatic carbocycles. The molecule has 4 nitrogen and oxygen atoms in total. The van der Waals surface area contributed by atoms with Gasteiger partial charge in [0.1, 0.15) is 17.5 Å². The van der Waals surface area contributed by atoms with Crippen LogP contribution in [0, 0.1) is 19.8 Å². The average molecular weight is 375 g/mol. The van der Waals surface area contributed by atoms with E-state index in [4.69, 9.17) is 0 Å². The van der Waals surface area contributed by atoms with Gasteiger partial charge >= 0.3 is 0 Å². The lowest BCUT2D eigenvalue weighted by molar-refractivity contribution is 0.436. The predicted molar refractivity (Wildman–Crippen MR) is 99.5 cm³/mol. The molecule has 0 amide bonds. The summed E-state index contributed by atoms with van der Waals surface area (Å²) in [5.41, 5.74) is 2.24. The van der Waals surface area contributed by atoms with E-state index in [1.54, 1.807) is 0 Å². The van der Waals surface area contributed by atoms with Gasteiger partial charge in [-0.2, -0.15) is 0 Å². The number of nitrogens with one attached hydrogen (secondary N) is 1. The normalized spacial score (nSPS) is 15.7. The van der Waals surface area contributed by atoms with Crippen LogP contribution in [0.25, 0.3) is 0 Å². The number of hydrogen-bond acceptors (Lipinski definition) is 4. The van der Waals surface area contributed by atoms with Gasteiger partial charge in [-0.05, 0) is 56.4 Å². The van der Waals surface area contributed by atoms with Crippen molar-refractivity contribution in [2.45, 2.75) is 33.6 Å². The van der Waals surface area contributed by atoms with Crippen molar-refractivity contribution in [3.8, 4) is 0 Å². The summed E-state index contributed by atoms with van der Waals surface area (Å²) >= 11 is 3.53. The monoisotopic (exact) mass is 374 g/mol. The molecule has 1 saturated heterocycles. The Bertz CT molecular complexity index is 693. The van der Waals surface area contributed by atoms with E-state index < -0.39 is 0 Å². The van der Waals surface area contributed by atoms with Crippen molar-refractivity contribution in [1.82, 2.24) is 9.97 Å². The first-order valence-corrected chi connectivity index (χ1v) is 8.94. The number of rotatable bonds is 3. The standard InChI is InChI=1S/C18H23BrN4/c1-12-6-8-23(9-7-12)18-11-17(20-14(3)21-18)22-15-4-5-16(19)13(2)10-15/h4-5,10-12H,6-9H2,1-3H3,(H,20,21,22). The number of aryl methyl sites for hydroxylation is 2. The van der Waals surface area contributed by atoms with Gasteiger partial charge in [-0.3, -0.25) is 0 Å². The van der Waals surface area contributed by atoms with Gasteiger partial charge in [-0.25, -0.2) is 9.97 Å². The number of anilines is 3. The third-order valence-electron chi connectivity index (χ3n) is 4.36. The van der Waals surface area contributed by atoms with Crippen molar-refractivity contribution in [3.05, 3.63) is 40.1 Å². The second kappa shape index (κ2) is 6.87. The minimum Gasteiger partial charge on any atom is -0.356 e. The van der Waals surface area contributed by atoms with E-state index >= 15 is 0 Å². The van der Waals surface area contributed by atoms with Gasteiger partial charge in [-0.15, -0.1) is 0 Å². The van der Waals surface area contributed by atoms with E-state index in [9.17, 15) is 0 Å². The van der Waals surface area contributed by atoms with Crippen LogP contribution < -0.4 is 10.2 Å². The fourth-order valence-electron chi connectivity index (χ4n) is 2.89. The molecular formula is C18H23BrN4. The smallest absolute Gasteiger partial charge is 0.136 e. The van der Waals surface area contributed by atoms with Crippen LogP contribution in [-0.2, 0) is 0 Å². The van der Waals surface area contributed by atoms with Crippen molar-refractivity contribution in [2.75, 3.05) is 23.3 Å². The fraction of sp³-hybridized carbons (Fsp3) is 0.444. The van der Waals surface area contributed by atoms with Crippen LogP contribution in [0.1, 0.15) is 31.2 Å². The van der Waals surface area contributed by atoms with Gasteiger partial charge < -0.3 is 10.2 Å². The third kappa shape index (κ3) is 4.02. The molecule has 0 aliphatic carbocycles. The number of hydrogen-bond donors (Lipinski definition) is 1. The van der Waals surface area contributed by atoms with E-state index in [-0.39, 0.29) is 0 Å². The average Bonchev–Trinajstić information content (AvgIpc) is 2.51. The van der Waals surface area contributed by atoms with Crippen LogP contribution >= 0.6 is 15.9 Å². The van der Waals surface area contributed by atoms with Crippen LogP contribution in [0.5, 0.6) is 0 Å². The van der Waals surface area contributed by atoms with Gasteiger partial charge in [0.15, 0.2) is 0 Å². The summed E-state index contributed by atoms with van der Waals surface area (Å²) < 4.78 is 1.12. The Kier molecular flexibility index (Phi) is 4.85. The molecule has 2 heterocycles. The summed E-state index contributed by atoms with van der Waals surface area (Å²) in [7, 11) is 0. The molecule has 122 valence electrons. The SMILES string of the molecule is Cc1nc(Nc2ccc(Br)c(C)c2)cc(N2CCC(C)CC2)n1. The topological polar surface area (TPSA) is 41.1 Å². The van der Waals surface area contributed by atoms with Crippen LogP contribution in [0.4, 0.5) is 17.3 Å². The zero-order valence-electron chi connectivity index (χ0n) is 13.9. The first-order chi connectivity index (χ1) is 11.0. The molecule has 0 radical (unpaired) electrons. The molecule has 0 saturated carbocycles. The summed E-state index contributed by atoms with van der Waals surface area (Å²) in [6.07, 6.45) is 2.47. The zero-order valence-corrected chi connectivity index (χ0v) is 15.5. The van der Waals surface area contributed by atoms with Crippen molar-refractivity contribution in [3.63, 3.8) is 0 Å². The van der Waals surface area contributed by atoms with Gasteiger partial charge in [0.2, 0.25) is 0 Å². The number of aromatic nitrogens is 2. The van der Waals surface area contributed by atoms with Crippen molar-refractivity contribution in [2.24, 2.45) is 5.92 Å². The Labute approximate surface area is 146 Å². The molecule has 0 bridgehead atoms. The Hall–Kier alpha value is -1.62. The van der Waals surface area contributed by atoms with Gasteiger partial charge in [0, 0.05) is 29.3 Å². The molecule has 0 unspecified atom stereocenters. The predicted octanol–water partition coefficient (Wildman–Crippen LogP) is 4.84. The molecule has 0 spiro atoms. The molecule has 1 N–H and O–H groups in total. The molecule has 1 aliphatic rings. The lowest BCUT2D eigenvalue weighted by Gasteiger charge is -2.31. The number of piperidine rings is 1. The molecule has 0 atom stereocenters. The highest BCUT2D eigenvalue weighted by molar-refractivity contribution is 9.10. The summed E-state index contributed by atoms with van der Waals surface area (Å²) in [4.78, 5) is 11.5. The minimum atomic E-state index is 0.803. The molecule has 2 aromatic rings. The van der Waals surface area contributed by atoms with Crippen molar-refractivity contribution >= 4 is 33.3 Å². The van der Waals surface area contributed by atoms with E-state index in [1.165, 1.54) is 18.4 Å². The minimum absolute atomic E-state index is 0.803. The second-order valence-electron chi connectivity index (χ2n) is 6.42. The molecule has 5 heteroatoms. The van der Waals surface area contributed by atoms with Crippen LogP contribution in [0.2, 0.25) is 0 Å². The van der Waals surface area contributed by atoms with Crippen LogP contribution in [-0.4, -0.2) is 23.1 Å². The summed E-state index contributed by atoms with van der Waals surface area (Å²) in [6.45, 7) is 8.52. The maximum absolute atomic E-state index is 4.62. The Balaban J connectivity index is 1.81. The highest BCUT2D eigenvalue weighted by Gasteiger charge is 2.18. The maximum Gasteiger partial charge on any atom is 0.136 e. The van der Waals surface area contributed by atoms with Crippen molar-refractivity contribution < 1.29 is 0 Å². The molecular weight excluding hydrogens is 352 g/mol. The molecule has 23 heavy (non-hydrogen) atoms. The Morgan fingerprint density at radius 1 is 1.13 bits per heavy atom. The number of nitrogens with zero attached hydrogens (tertiary/aromatic N) is 3. The number of benzene rings is 1. The van der Waals surface area contributed by atoms with Gasteiger partial charge in [0.25, 0.3) is 0 Å². The lowest BCUT2D eigenvalue weighted by atomic mass is 9.99. The summed E-state index contributed by atoms with van der Waals surface area (Å²) in [6, 6.07) is 8.28. The van der Waals surface area contributed by atoms with Crippen LogP contribution in [0.15, 0.2) is 28.7 Å². The fourth-order valence-corrected chi connectivity index (χ4v) is 3.13. The molecule has 1 aliphatic heterocycles. The highest BCUT2D eigenvalue weighted by Crippen LogP contribution is 2.26. The van der Waals surface area contributed by atoms with E-state index in [0.717, 1.165) is 46.6 Å². The largest absolute Gasteiger partial charge is 0.356 e. The Morgan fingerprint density at radius 3 is 2.57 bits per heavy atom. The zero-order chi connectivity index (χ0) is 16.4. The number of halogens is 1. The highest BCUT2D eigenvalue weighted by atomic mass is 79.9. The second-order valence-corrected chi connectivity index (χ2v) is 7.27. The first-order valence-electron chi connectivity index (χ1n) is 8.15. The lowest BCUT2D eigenvalue weighted by Crippen LogP contribution is -2.33.